The van der Waals surface area contributed by atoms with E-state index in [9.17, 15) is 4.79 Å². The normalized spacial score (nSPS) is 24.9. The fourth-order valence-electron chi connectivity index (χ4n) is 3.88. The third-order valence-corrected chi connectivity index (χ3v) is 5.26. The van der Waals surface area contributed by atoms with Crippen LogP contribution in [0.5, 0.6) is 0 Å². The molecule has 3 rings (SSSR count). The van der Waals surface area contributed by atoms with Crippen LogP contribution in [-0.4, -0.2) is 29.8 Å². The fourth-order valence-corrected chi connectivity index (χ4v) is 4.07. The zero-order valence-corrected chi connectivity index (χ0v) is 13.3. The molecular weight excluding hydrogens is 282 g/mol. The van der Waals surface area contributed by atoms with E-state index in [1.54, 1.807) is 0 Å². The molecule has 1 atom stereocenters. The molecule has 114 valence electrons. The standard InChI is InChI=1S/C18H24ClNO/c19-16-8-4-6-14(12-16)18(21)15-7-5-11-20(13-15)17-9-2-1-3-10-17/h4,6,8,12,15,17H,1-3,5,7,9-11,13H2/t15-/m1/s1. The van der Waals surface area contributed by atoms with Crippen LogP contribution >= 0.6 is 11.6 Å². The predicted octanol–water partition coefficient (Wildman–Crippen LogP) is 4.57. The van der Waals surface area contributed by atoms with E-state index in [0.717, 1.165) is 24.9 Å². The van der Waals surface area contributed by atoms with Gasteiger partial charge in [-0.1, -0.05) is 43.0 Å². The van der Waals surface area contributed by atoms with E-state index < -0.39 is 0 Å². The van der Waals surface area contributed by atoms with E-state index >= 15 is 0 Å². The Morgan fingerprint density at radius 2 is 1.90 bits per heavy atom. The summed E-state index contributed by atoms with van der Waals surface area (Å²) >= 11 is 6.02. The summed E-state index contributed by atoms with van der Waals surface area (Å²) in [6.07, 6.45) is 8.90. The van der Waals surface area contributed by atoms with E-state index in [2.05, 4.69) is 4.90 Å². The highest BCUT2D eigenvalue weighted by Crippen LogP contribution is 2.28. The highest BCUT2D eigenvalue weighted by atomic mass is 35.5. The average molecular weight is 306 g/mol. The molecule has 2 nitrogen and oxygen atoms in total. The lowest BCUT2D eigenvalue weighted by molar-refractivity contribution is 0.0698. The number of hydrogen-bond donors (Lipinski definition) is 0. The number of carbonyl (C=O) groups is 1. The second-order valence-electron chi connectivity index (χ2n) is 6.50. The molecule has 2 fully saturated rings. The summed E-state index contributed by atoms with van der Waals surface area (Å²) in [5, 5.41) is 0.654. The second-order valence-corrected chi connectivity index (χ2v) is 6.94. The number of benzene rings is 1. The van der Waals surface area contributed by atoms with Crippen LogP contribution in [0.3, 0.4) is 0 Å². The van der Waals surface area contributed by atoms with Gasteiger partial charge in [-0.05, 0) is 44.4 Å². The number of carbonyl (C=O) groups excluding carboxylic acids is 1. The van der Waals surface area contributed by atoms with Gasteiger partial charge in [0.15, 0.2) is 5.78 Å². The first-order valence-electron chi connectivity index (χ1n) is 8.28. The van der Waals surface area contributed by atoms with Gasteiger partial charge in [0.05, 0.1) is 0 Å². The van der Waals surface area contributed by atoms with Gasteiger partial charge in [0, 0.05) is 29.1 Å². The number of hydrogen-bond acceptors (Lipinski definition) is 2. The van der Waals surface area contributed by atoms with Crippen molar-refractivity contribution in [1.82, 2.24) is 4.90 Å². The minimum Gasteiger partial charge on any atom is -0.300 e. The average Bonchev–Trinajstić information content (AvgIpc) is 2.55. The summed E-state index contributed by atoms with van der Waals surface area (Å²) in [7, 11) is 0. The Hall–Kier alpha value is -0.860. The number of ketones is 1. The first-order valence-corrected chi connectivity index (χ1v) is 8.65. The Morgan fingerprint density at radius 3 is 2.67 bits per heavy atom. The number of likely N-dealkylation sites (tertiary alicyclic amines) is 1. The molecule has 1 aromatic carbocycles. The number of nitrogens with zero attached hydrogens (tertiary/aromatic N) is 1. The van der Waals surface area contributed by atoms with Crippen LogP contribution in [0.4, 0.5) is 0 Å². The van der Waals surface area contributed by atoms with Crippen LogP contribution in [-0.2, 0) is 0 Å². The SMILES string of the molecule is O=C(c1cccc(Cl)c1)[C@@H]1CCCN(C2CCCCC2)C1. The Balaban J connectivity index is 1.66. The van der Waals surface area contributed by atoms with Crippen LogP contribution in [0.1, 0.15) is 55.3 Å². The topological polar surface area (TPSA) is 20.3 Å². The number of halogens is 1. The Kier molecular flexibility index (Phi) is 4.97. The maximum atomic E-state index is 12.7. The van der Waals surface area contributed by atoms with Gasteiger partial charge in [-0.15, -0.1) is 0 Å². The molecule has 1 heterocycles. The first-order chi connectivity index (χ1) is 10.2. The summed E-state index contributed by atoms with van der Waals surface area (Å²) < 4.78 is 0. The summed E-state index contributed by atoms with van der Waals surface area (Å²) in [4.78, 5) is 15.3. The molecule has 1 aliphatic carbocycles. The second kappa shape index (κ2) is 6.93. The van der Waals surface area contributed by atoms with Crippen molar-refractivity contribution in [1.29, 1.82) is 0 Å². The largest absolute Gasteiger partial charge is 0.300 e. The van der Waals surface area contributed by atoms with Gasteiger partial charge in [0.25, 0.3) is 0 Å². The summed E-state index contributed by atoms with van der Waals surface area (Å²) in [5.41, 5.74) is 0.776. The molecular formula is C18H24ClNO. The summed E-state index contributed by atoms with van der Waals surface area (Å²) in [6, 6.07) is 8.12. The van der Waals surface area contributed by atoms with Gasteiger partial charge in [-0.2, -0.15) is 0 Å². The van der Waals surface area contributed by atoms with Gasteiger partial charge < -0.3 is 0 Å². The molecule has 1 saturated heterocycles. The predicted molar refractivity (Wildman–Crippen MR) is 87.0 cm³/mol. The highest BCUT2D eigenvalue weighted by molar-refractivity contribution is 6.31. The van der Waals surface area contributed by atoms with Crippen molar-refractivity contribution >= 4 is 17.4 Å². The van der Waals surface area contributed by atoms with Gasteiger partial charge in [-0.3, -0.25) is 9.69 Å². The lowest BCUT2D eigenvalue weighted by Crippen LogP contribution is -2.45. The lowest BCUT2D eigenvalue weighted by Gasteiger charge is -2.39. The fraction of sp³-hybridized carbons (Fsp3) is 0.611. The van der Waals surface area contributed by atoms with Crippen molar-refractivity contribution < 1.29 is 4.79 Å². The van der Waals surface area contributed by atoms with Crippen LogP contribution in [0.15, 0.2) is 24.3 Å². The highest BCUT2D eigenvalue weighted by Gasteiger charge is 2.30. The molecule has 0 radical (unpaired) electrons. The zero-order valence-electron chi connectivity index (χ0n) is 12.6. The van der Waals surface area contributed by atoms with E-state index in [4.69, 9.17) is 11.6 Å². The first kappa shape index (κ1) is 15.1. The molecule has 21 heavy (non-hydrogen) atoms. The Morgan fingerprint density at radius 1 is 1.10 bits per heavy atom. The van der Waals surface area contributed by atoms with Crippen molar-refractivity contribution in [2.75, 3.05) is 13.1 Å². The van der Waals surface area contributed by atoms with Gasteiger partial charge in [-0.25, -0.2) is 0 Å². The maximum Gasteiger partial charge on any atom is 0.167 e. The Labute approximate surface area is 132 Å². The number of piperidine rings is 1. The summed E-state index contributed by atoms with van der Waals surface area (Å²) in [5.74, 6) is 0.428. The minimum atomic E-state index is 0.152. The molecule has 0 unspecified atom stereocenters. The summed E-state index contributed by atoms with van der Waals surface area (Å²) in [6.45, 7) is 2.11. The molecule has 0 spiro atoms. The van der Waals surface area contributed by atoms with Crippen molar-refractivity contribution in [3.63, 3.8) is 0 Å². The van der Waals surface area contributed by atoms with Crippen LogP contribution in [0.2, 0.25) is 5.02 Å². The molecule has 1 aromatic rings. The van der Waals surface area contributed by atoms with Crippen molar-refractivity contribution in [2.24, 2.45) is 5.92 Å². The molecule has 1 aliphatic heterocycles. The molecule has 0 aromatic heterocycles. The molecule has 0 bridgehead atoms. The molecule has 3 heteroatoms. The van der Waals surface area contributed by atoms with Gasteiger partial charge >= 0.3 is 0 Å². The minimum absolute atomic E-state index is 0.152. The molecule has 2 aliphatic rings. The number of rotatable bonds is 3. The van der Waals surface area contributed by atoms with E-state index in [1.807, 2.05) is 24.3 Å². The lowest BCUT2D eigenvalue weighted by atomic mass is 9.87. The van der Waals surface area contributed by atoms with Crippen LogP contribution in [0, 0.1) is 5.92 Å². The number of Topliss-reactive ketones (excluding diaryl/α,β-unsaturated/α-hetero) is 1. The van der Waals surface area contributed by atoms with Crippen molar-refractivity contribution in [3.05, 3.63) is 34.9 Å². The van der Waals surface area contributed by atoms with E-state index in [-0.39, 0.29) is 11.7 Å². The monoisotopic (exact) mass is 305 g/mol. The maximum absolute atomic E-state index is 12.7. The molecule has 1 saturated carbocycles. The van der Waals surface area contributed by atoms with E-state index in [1.165, 1.54) is 38.6 Å². The van der Waals surface area contributed by atoms with E-state index in [0.29, 0.717) is 11.1 Å². The quantitative estimate of drug-likeness (QED) is 0.763. The smallest absolute Gasteiger partial charge is 0.167 e. The van der Waals surface area contributed by atoms with Crippen LogP contribution in [0.25, 0.3) is 0 Å². The molecule has 0 amide bonds. The van der Waals surface area contributed by atoms with Crippen molar-refractivity contribution in [2.45, 2.75) is 51.0 Å². The third-order valence-electron chi connectivity index (χ3n) is 5.02. The van der Waals surface area contributed by atoms with Gasteiger partial charge in [0.2, 0.25) is 0 Å². The van der Waals surface area contributed by atoms with Gasteiger partial charge in [0.1, 0.15) is 0 Å². The van der Waals surface area contributed by atoms with Crippen LogP contribution < -0.4 is 0 Å². The zero-order chi connectivity index (χ0) is 14.7. The molecule has 0 N–H and O–H groups in total. The third kappa shape index (κ3) is 3.67. The van der Waals surface area contributed by atoms with Crippen molar-refractivity contribution in [3.8, 4) is 0 Å². The Bertz CT molecular complexity index is 496.